The second-order valence-corrected chi connectivity index (χ2v) is 1.60. The smallest absolute Gasteiger partial charge is 0.0930 e. The summed E-state index contributed by atoms with van der Waals surface area (Å²) in [5.41, 5.74) is 6.01. The zero-order valence-corrected chi connectivity index (χ0v) is 5.02. The van der Waals surface area contributed by atoms with E-state index in [0.29, 0.717) is 5.70 Å². The maximum atomic E-state index is 8.06. The average Bonchev–Trinajstić information content (AvgIpc) is 1.68. The molecule has 0 heterocycles. The van der Waals surface area contributed by atoms with Crippen LogP contribution in [0.15, 0.2) is 11.8 Å². The van der Waals surface area contributed by atoms with Crippen LogP contribution in [-0.4, -0.2) is 0 Å². The molecule has 0 amide bonds. The summed E-state index contributed by atoms with van der Waals surface area (Å²) in [6.07, 6.45) is 3.21. The highest BCUT2D eigenvalue weighted by molar-refractivity contribution is 5.09. The average molecular weight is 110 g/mol. The minimum Gasteiger partial charge on any atom is -0.401 e. The van der Waals surface area contributed by atoms with Crippen LogP contribution in [0.4, 0.5) is 0 Å². The van der Waals surface area contributed by atoms with Crippen LogP contribution in [0.3, 0.4) is 0 Å². The van der Waals surface area contributed by atoms with Gasteiger partial charge in [0.25, 0.3) is 0 Å². The molecule has 2 N–H and O–H groups in total. The molecule has 0 aliphatic rings. The van der Waals surface area contributed by atoms with Crippen molar-refractivity contribution >= 4 is 0 Å². The highest BCUT2D eigenvalue weighted by atomic mass is 14.6. The Morgan fingerprint density at radius 3 is 2.88 bits per heavy atom. The van der Waals surface area contributed by atoms with Crippen LogP contribution in [0.1, 0.15) is 19.8 Å². The van der Waals surface area contributed by atoms with Crippen molar-refractivity contribution in [2.75, 3.05) is 0 Å². The first-order valence-corrected chi connectivity index (χ1v) is 2.65. The lowest BCUT2D eigenvalue weighted by Crippen LogP contribution is -1.94. The SMILES string of the molecule is CCCC(N)=CC#N. The van der Waals surface area contributed by atoms with E-state index in [-0.39, 0.29) is 0 Å². The van der Waals surface area contributed by atoms with E-state index < -0.39 is 0 Å². The summed E-state index contributed by atoms with van der Waals surface area (Å²) < 4.78 is 0. The van der Waals surface area contributed by atoms with Crippen molar-refractivity contribution in [3.63, 3.8) is 0 Å². The number of nitrogens with two attached hydrogens (primary N) is 1. The predicted octanol–water partition coefficient (Wildman–Crippen LogP) is 1.15. The van der Waals surface area contributed by atoms with Gasteiger partial charge in [-0.1, -0.05) is 13.3 Å². The van der Waals surface area contributed by atoms with E-state index >= 15 is 0 Å². The lowest BCUT2D eigenvalue weighted by atomic mass is 10.2. The first-order valence-electron chi connectivity index (χ1n) is 2.65. The number of nitrogens with zero attached hydrogens (tertiary/aromatic N) is 1. The van der Waals surface area contributed by atoms with Crippen LogP contribution < -0.4 is 5.73 Å². The zero-order chi connectivity index (χ0) is 6.41. The Labute approximate surface area is 49.6 Å². The summed E-state index contributed by atoms with van der Waals surface area (Å²) in [5, 5.41) is 8.06. The standard InChI is InChI=1S/C6H10N2/c1-2-3-6(8)4-5-7/h4H,2-3,8H2,1H3. The van der Waals surface area contributed by atoms with Crippen molar-refractivity contribution in [1.82, 2.24) is 0 Å². The summed E-state index contributed by atoms with van der Waals surface area (Å²) in [4.78, 5) is 0. The van der Waals surface area contributed by atoms with Gasteiger partial charge in [0.15, 0.2) is 0 Å². The maximum Gasteiger partial charge on any atom is 0.0930 e. The molecule has 8 heavy (non-hydrogen) atoms. The fourth-order valence-corrected chi connectivity index (χ4v) is 0.444. The van der Waals surface area contributed by atoms with E-state index in [1.54, 1.807) is 0 Å². The van der Waals surface area contributed by atoms with E-state index in [2.05, 4.69) is 0 Å². The van der Waals surface area contributed by atoms with Crippen LogP contribution >= 0.6 is 0 Å². The third kappa shape index (κ3) is 3.23. The number of hydrogen-bond donors (Lipinski definition) is 1. The summed E-state index contributed by atoms with van der Waals surface area (Å²) in [7, 11) is 0. The first-order chi connectivity index (χ1) is 3.81. The Bertz CT molecular complexity index is 119. The zero-order valence-electron chi connectivity index (χ0n) is 5.02. The Balaban J connectivity index is 3.49. The van der Waals surface area contributed by atoms with Crippen LogP contribution in [0, 0.1) is 11.3 Å². The van der Waals surface area contributed by atoms with Gasteiger partial charge in [-0.05, 0) is 6.42 Å². The largest absolute Gasteiger partial charge is 0.401 e. The fraction of sp³-hybridized carbons (Fsp3) is 0.500. The van der Waals surface area contributed by atoms with Gasteiger partial charge in [0.2, 0.25) is 0 Å². The van der Waals surface area contributed by atoms with Gasteiger partial charge in [-0.15, -0.1) is 0 Å². The predicted molar refractivity (Wildman–Crippen MR) is 32.8 cm³/mol. The van der Waals surface area contributed by atoms with Crippen LogP contribution in [0.25, 0.3) is 0 Å². The van der Waals surface area contributed by atoms with Crippen molar-refractivity contribution in [1.29, 1.82) is 5.26 Å². The molecular weight excluding hydrogens is 100 g/mol. The molecule has 2 heteroatoms. The molecule has 0 aromatic heterocycles. The summed E-state index contributed by atoms with van der Waals surface area (Å²) in [6, 6.07) is 1.87. The van der Waals surface area contributed by atoms with Gasteiger partial charge >= 0.3 is 0 Å². The van der Waals surface area contributed by atoms with Crippen LogP contribution in [0.2, 0.25) is 0 Å². The third-order valence-electron chi connectivity index (χ3n) is 0.789. The molecular formula is C6H10N2. The summed E-state index contributed by atoms with van der Waals surface area (Å²) >= 11 is 0. The molecule has 0 aromatic rings. The molecule has 0 aliphatic carbocycles. The molecule has 0 aromatic carbocycles. The van der Waals surface area contributed by atoms with Crippen molar-refractivity contribution < 1.29 is 0 Å². The quantitative estimate of drug-likeness (QED) is 0.542. The monoisotopic (exact) mass is 110 g/mol. The molecule has 44 valence electrons. The molecule has 0 aliphatic heterocycles. The van der Waals surface area contributed by atoms with Crippen molar-refractivity contribution in [2.24, 2.45) is 5.73 Å². The molecule has 0 saturated heterocycles. The second kappa shape index (κ2) is 4.20. The normalized spacial score (nSPS) is 10.8. The van der Waals surface area contributed by atoms with E-state index in [0.717, 1.165) is 12.8 Å². The van der Waals surface area contributed by atoms with Gasteiger partial charge < -0.3 is 5.73 Å². The number of allylic oxidation sites excluding steroid dienone is 2. The lowest BCUT2D eigenvalue weighted by molar-refractivity contribution is 0.893. The Morgan fingerprint density at radius 2 is 2.50 bits per heavy atom. The highest BCUT2D eigenvalue weighted by Gasteiger charge is 1.83. The number of rotatable bonds is 2. The Hall–Kier alpha value is -0.970. The number of hydrogen-bond acceptors (Lipinski definition) is 2. The fourth-order valence-electron chi connectivity index (χ4n) is 0.444. The minimum absolute atomic E-state index is 0.676. The van der Waals surface area contributed by atoms with Gasteiger partial charge in [-0.3, -0.25) is 0 Å². The Morgan fingerprint density at radius 1 is 1.88 bits per heavy atom. The third-order valence-corrected chi connectivity index (χ3v) is 0.789. The lowest BCUT2D eigenvalue weighted by Gasteiger charge is -1.90. The van der Waals surface area contributed by atoms with Gasteiger partial charge in [0.1, 0.15) is 0 Å². The van der Waals surface area contributed by atoms with Crippen LogP contribution in [0.5, 0.6) is 0 Å². The molecule has 0 radical (unpaired) electrons. The second-order valence-electron chi connectivity index (χ2n) is 1.60. The van der Waals surface area contributed by atoms with Crippen molar-refractivity contribution in [3.05, 3.63) is 11.8 Å². The van der Waals surface area contributed by atoms with Gasteiger partial charge in [0.05, 0.1) is 6.07 Å². The maximum absolute atomic E-state index is 8.06. The van der Waals surface area contributed by atoms with E-state index in [1.807, 2.05) is 13.0 Å². The van der Waals surface area contributed by atoms with Crippen LogP contribution in [-0.2, 0) is 0 Å². The summed E-state index contributed by atoms with van der Waals surface area (Å²) in [5.74, 6) is 0. The number of nitriles is 1. The van der Waals surface area contributed by atoms with Crippen molar-refractivity contribution in [3.8, 4) is 6.07 Å². The topological polar surface area (TPSA) is 49.8 Å². The summed E-state index contributed by atoms with van der Waals surface area (Å²) in [6.45, 7) is 2.03. The van der Waals surface area contributed by atoms with E-state index in [9.17, 15) is 0 Å². The first kappa shape index (κ1) is 7.03. The molecule has 0 unspecified atom stereocenters. The minimum atomic E-state index is 0.676. The van der Waals surface area contributed by atoms with E-state index in [1.165, 1.54) is 6.08 Å². The molecule has 0 saturated carbocycles. The molecule has 0 bridgehead atoms. The van der Waals surface area contributed by atoms with Gasteiger partial charge in [-0.2, -0.15) is 5.26 Å². The molecule has 2 nitrogen and oxygen atoms in total. The molecule has 0 fully saturated rings. The molecule has 0 rings (SSSR count). The highest BCUT2D eigenvalue weighted by Crippen LogP contribution is 1.94. The molecule has 0 spiro atoms. The Kier molecular flexibility index (Phi) is 3.69. The molecule has 0 atom stereocenters. The van der Waals surface area contributed by atoms with Gasteiger partial charge in [-0.25, -0.2) is 0 Å². The van der Waals surface area contributed by atoms with Crippen molar-refractivity contribution in [2.45, 2.75) is 19.8 Å². The van der Waals surface area contributed by atoms with Gasteiger partial charge in [0, 0.05) is 11.8 Å². The van der Waals surface area contributed by atoms with E-state index in [4.69, 9.17) is 11.0 Å².